The van der Waals surface area contributed by atoms with Crippen molar-refractivity contribution in [3.63, 3.8) is 0 Å². The summed E-state index contributed by atoms with van der Waals surface area (Å²) in [6.07, 6.45) is 5.50. The minimum atomic E-state index is -2.97. The molecule has 0 unspecified atom stereocenters. The maximum absolute atomic E-state index is 14.8. The van der Waals surface area contributed by atoms with Crippen LogP contribution in [0.2, 0.25) is 0 Å². The van der Waals surface area contributed by atoms with E-state index in [-0.39, 0.29) is 34.9 Å². The van der Waals surface area contributed by atoms with Crippen molar-refractivity contribution >= 4 is 32.6 Å². The van der Waals surface area contributed by atoms with Gasteiger partial charge < -0.3 is 4.90 Å². The number of rotatable bonds is 7. The fourth-order valence-electron chi connectivity index (χ4n) is 6.12. The van der Waals surface area contributed by atoms with Gasteiger partial charge in [0, 0.05) is 42.6 Å². The highest BCUT2D eigenvalue weighted by Gasteiger charge is 2.47. The lowest BCUT2D eigenvalue weighted by Crippen LogP contribution is -2.40. The molecule has 0 N–H and O–H groups in total. The maximum Gasteiger partial charge on any atom is 0.153 e. The van der Waals surface area contributed by atoms with Crippen LogP contribution in [0.25, 0.3) is 21.0 Å². The summed E-state index contributed by atoms with van der Waals surface area (Å²) in [6.45, 7) is 0.946. The molecule has 208 valence electrons. The molecule has 2 atom stereocenters. The van der Waals surface area contributed by atoms with Gasteiger partial charge in [-0.2, -0.15) is 5.26 Å². The Morgan fingerprint density at radius 2 is 1.77 bits per heavy atom. The Labute approximate surface area is 238 Å². The molecule has 1 aliphatic heterocycles. The molecule has 2 aliphatic carbocycles. The Morgan fingerprint density at radius 1 is 1.07 bits per heavy atom. The number of carbonyl (C=O) groups is 1. The molecule has 6 nitrogen and oxygen atoms in total. The molecule has 0 spiro atoms. The van der Waals surface area contributed by atoms with Crippen LogP contribution in [0.1, 0.15) is 56.6 Å². The van der Waals surface area contributed by atoms with E-state index in [1.807, 2.05) is 24.3 Å². The second-order valence-corrected chi connectivity index (χ2v) is 14.7. The summed E-state index contributed by atoms with van der Waals surface area (Å²) in [6, 6.07) is 17.1. The number of sulfone groups is 1. The molecule has 1 aromatic heterocycles. The molecule has 0 radical (unpaired) electrons. The predicted molar refractivity (Wildman–Crippen MR) is 155 cm³/mol. The number of Topliss-reactive ketones (excluding diaryl/α,β-unsaturated/α-hetero) is 1. The van der Waals surface area contributed by atoms with Crippen molar-refractivity contribution in [2.45, 2.75) is 50.9 Å². The lowest BCUT2D eigenvalue weighted by atomic mass is 9.73. The first-order valence-corrected chi connectivity index (χ1v) is 16.7. The highest BCUT2D eigenvalue weighted by atomic mass is 32.2. The summed E-state index contributed by atoms with van der Waals surface area (Å²) in [5, 5.41) is 10.2. The van der Waals surface area contributed by atoms with E-state index in [2.05, 4.69) is 11.0 Å². The molecule has 2 heterocycles. The van der Waals surface area contributed by atoms with E-state index < -0.39 is 15.3 Å². The van der Waals surface area contributed by atoms with E-state index in [0.717, 1.165) is 60.3 Å². The molecule has 3 aliphatic rings. The summed E-state index contributed by atoms with van der Waals surface area (Å²) < 4.78 is 38.6. The third-order valence-corrected chi connectivity index (χ3v) is 11.5. The monoisotopic (exact) mass is 577 g/mol. The molecule has 1 saturated heterocycles. The predicted octanol–water partition coefficient (Wildman–Crippen LogP) is 6.39. The molecule has 40 heavy (non-hydrogen) atoms. The second-order valence-electron chi connectivity index (χ2n) is 11.4. The van der Waals surface area contributed by atoms with Crippen molar-refractivity contribution in [1.82, 2.24) is 4.98 Å². The number of carbonyl (C=O) groups excluding carboxylic acids is 1. The fourth-order valence-corrected chi connectivity index (χ4v) is 8.49. The molecular formula is C31H32FN3O3S2. The number of nitrogens with zero attached hydrogens (tertiary/aromatic N) is 3. The molecule has 9 heteroatoms. The van der Waals surface area contributed by atoms with Crippen molar-refractivity contribution in [3.8, 4) is 27.1 Å². The number of hydrogen-bond donors (Lipinski definition) is 0. The minimum absolute atomic E-state index is 0.0745. The van der Waals surface area contributed by atoms with Gasteiger partial charge in [-0.25, -0.2) is 17.8 Å². The Kier molecular flexibility index (Phi) is 7.26. The van der Waals surface area contributed by atoms with Gasteiger partial charge >= 0.3 is 0 Å². The fraction of sp³-hybridized carbons (Fsp3) is 0.452. The van der Waals surface area contributed by atoms with E-state index in [0.29, 0.717) is 30.1 Å². The Hall–Kier alpha value is -3.09. The van der Waals surface area contributed by atoms with Gasteiger partial charge in [0.1, 0.15) is 16.6 Å². The zero-order chi connectivity index (χ0) is 27.9. The molecule has 0 bridgehead atoms. The van der Waals surface area contributed by atoms with Crippen LogP contribution in [0.15, 0.2) is 48.5 Å². The number of benzene rings is 2. The number of thiazole rings is 1. The van der Waals surface area contributed by atoms with Crippen LogP contribution in [-0.2, 0) is 14.6 Å². The zero-order valence-corrected chi connectivity index (χ0v) is 23.9. The van der Waals surface area contributed by atoms with Crippen LogP contribution in [0, 0.1) is 28.5 Å². The number of anilines is 1. The largest absolute Gasteiger partial charge is 0.369 e. The highest BCUT2D eigenvalue weighted by molar-refractivity contribution is 7.91. The molecule has 6 rings (SSSR count). The van der Waals surface area contributed by atoms with Gasteiger partial charge in [-0.1, -0.05) is 37.1 Å². The average Bonchev–Trinajstić information content (AvgIpc) is 3.60. The molecule has 3 aromatic rings. The lowest BCUT2D eigenvalue weighted by molar-refractivity contribution is -0.125. The first kappa shape index (κ1) is 27.1. The molecule has 2 saturated carbocycles. The Balaban J connectivity index is 1.36. The summed E-state index contributed by atoms with van der Waals surface area (Å²) in [7, 11) is -2.97. The van der Waals surface area contributed by atoms with Crippen LogP contribution in [0.4, 0.5) is 10.1 Å². The van der Waals surface area contributed by atoms with Gasteiger partial charge in [0.15, 0.2) is 9.84 Å². The summed E-state index contributed by atoms with van der Waals surface area (Å²) in [5.74, 6) is -0.123. The van der Waals surface area contributed by atoms with Gasteiger partial charge in [-0.3, -0.25) is 4.79 Å². The molecule has 2 aromatic carbocycles. The lowest BCUT2D eigenvalue weighted by Gasteiger charge is -2.31. The zero-order valence-electron chi connectivity index (χ0n) is 22.3. The number of nitriles is 1. The first-order valence-electron chi connectivity index (χ1n) is 14.0. The topological polar surface area (TPSA) is 91.1 Å². The highest BCUT2D eigenvalue weighted by Crippen LogP contribution is 2.51. The number of hydrogen-bond acceptors (Lipinski definition) is 7. The second kappa shape index (κ2) is 10.7. The summed E-state index contributed by atoms with van der Waals surface area (Å²) in [5.41, 5.74) is 2.74. The SMILES string of the molecule is N#CC1(CC(=O)[C@@H]2CCCC[C@H]2c2nc(-c3ccccc3F)sc2-c2ccc(N3CCS(=O)(=O)CC3)cc2)CC1. The van der Waals surface area contributed by atoms with Crippen LogP contribution < -0.4 is 4.90 Å². The van der Waals surface area contributed by atoms with Crippen molar-refractivity contribution in [1.29, 1.82) is 5.26 Å². The van der Waals surface area contributed by atoms with Crippen LogP contribution in [-0.4, -0.2) is 43.8 Å². The van der Waals surface area contributed by atoms with Gasteiger partial charge in [0.05, 0.1) is 33.6 Å². The third kappa shape index (κ3) is 5.44. The summed E-state index contributed by atoms with van der Waals surface area (Å²) >= 11 is 1.45. The maximum atomic E-state index is 14.8. The van der Waals surface area contributed by atoms with Crippen molar-refractivity contribution < 1.29 is 17.6 Å². The number of halogens is 1. The van der Waals surface area contributed by atoms with E-state index in [9.17, 15) is 22.9 Å². The van der Waals surface area contributed by atoms with Crippen molar-refractivity contribution in [2.24, 2.45) is 11.3 Å². The van der Waals surface area contributed by atoms with E-state index in [4.69, 9.17) is 4.98 Å². The van der Waals surface area contributed by atoms with Crippen LogP contribution >= 0.6 is 11.3 Å². The smallest absolute Gasteiger partial charge is 0.153 e. The third-order valence-electron chi connectivity index (χ3n) is 8.73. The van der Waals surface area contributed by atoms with Crippen molar-refractivity contribution in [2.75, 3.05) is 29.5 Å². The Bertz CT molecular complexity index is 1560. The van der Waals surface area contributed by atoms with Gasteiger partial charge in [-0.05, 0) is 55.5 Å². The van der Waals surface area contributed by atoms with Crippen molar-refractivity contribution in [3.05, 3.63) is 60.0 Å². The normalized spacial score (nSPS) is 23.4. The van der Waals surface area contributed by atoms with E-state index in [1.54, 1.807) is 18.2 Å². The number of aromatic nitrogens is 1. The quantitative estimate of drug-likeness (QED) is 0.323. The minimum Gasteiger partial charge on any atom is -0.369 e. The summed E-state index contributed by atoms with van der Waals surface area (Å²) in [4.78, 5) is 21.6. The molecular weight excluding hydrogens is 545 g/mol. The Morgan fingerprint density at radius 3 is 2.45 bits per heavy atom. The average molecular weight is 578 g/mol. The van der Waals surface area contributed by atoms with Gasteiger partial charge in [0.25, 0.3) is 0 Å². The first-order chi connectivity index (χ1) is 19.3. The number of ketones is 1. The van der Waals surface area contributed by atoms with E-state index >= 15 is 0 Å². The molecule has 0 amide bonds. The van der Waals surface area contributed by atoms with Crippen LogP contribution in [0.3, 0.4) is 0 Å². The van der Waals surface area contributed by atoms with Gasteiger partial charge in [0.2, 0.25) is 0 Å². The van der Waals surface area contributed by atoms with Gasteiger partial charge in [-0.15, -0.1) is 11.3 Å². The standard InChI is InChI=1S/C31H32FN3O3S2/c32-26-8-4-3-7-25(26)30-34-28(24-6-2-1-5-23(24)27(36)19-31(20-33)13-14-31)29(39-30)21-9-11-22(12-10-21)35-15-17-40(37,38)18-16-35/h3-4,7-12,23-24H,1-2,5-6,13-19H2/t23-,24-/m1/s1. The van der Waals surface area contributed by atoms with Crippen LogP contribution in [0.5, 0.6) is 0 Å². The van der Waals surface area contributed by atoms with E-state index in [1.165, 1.54) is 17.4 Å². The molecule has 3 fully saturated rings.